The van der Waals surface area contributed by atoms with Gasteiger partial charge in [-0.25, -0.2) is 10.4 Å². The van der Waals surface area contributed by atoms with Gasteiger partial charge in [0, 0.05) is 37.8 Å². The minimum Gasteiger partial charge on any atom is -0.370 e. The van der Waals surface area contributed by atoms with Crippen molar-refractivity contribution in [3.63, 3.8) is 0 Å². The van der Waals surface area contributed by atoms with Crippen LogP contribution in [0, 0.1) is 11.8 Å². The minimum absolute atomic E-state index is 0.394. The van der Waals surface area contributed by atoms with Crippen LogP contribution in [0.1, 0.15) is 24.8 Å². The van der Waals surface area contributed by atoms with E-state index in [0.29, 0.717) is 18.1 Å². The van der Waals surface area contributed by atoms with Gasteiger partial charge >= 0.3 is 0 Å². The Bertz CT molecular complexity index is 556. The molecule has 0 aromatic carbocycles. The molecule has 5 N–H and O–H groups in total. The molecule has 3 fully saturated rings. The number of hydrogen-bond donors (Lipinski definition) is 5. The summed E-state index contributed by atoms with van der Waals surface area (Å²) in [7, 11) is 2.21. The van der Waals surface area contributed by atoms with E-state index in [1.54, 1.807) is 0 Å². The van der Waals surface area contributed by atoms with E-state index in [-0.39, 0.29) is 0 Å². The molecule has 3 unspecified atom stereocenters. The lowest BCUT2D eigenvalue weighted by Gasteiger charge is -2.34. The molecule has 0 aliphatic carbocycles. The number of hydrazine groups is 1. The predicted molar refractivity (Wildman–Crippen MR) is 105 cm³/mol. The van der Waals surface area contributed by atoms with Crippen LogP contribution in [-0.4, -0.2) is 61.9 Å². The number of nitrogens with one attached hydrogen (secondary N) is 5. The normalized spacial score (nSPS) is 30.3. The quantitative estimate of drug-likeness (QED) is 0.501. The number of pyridine rings is 1. The average molecular weight is 360 g/mol. The van der Waals surface area contributed by atoms with E-state index < -0.39 is 0 Å². The third-order valence-electron chi connectivity index (χ3n) is 6.16. The Kier molecular flexibility index (Phi) is 6.01. The van der Waals surface area contributed by atoms with Crippen LogP contribution in [0.4, 0.5) is 5.82 Å². The second-order valence-electron chi connectivity index (χ2n) is 8.08. The highest BCUT2D eigenvalue weighted by Crippen LogP contribution is 2.19. The number of hydrogen-bond acceptors (Lipinski definition) is 7. The summed E-state index contributed by atoms with van der Waals surface area (Å²) in [5.41, 5.74) is 7.83. The van der Waals surface area contributed by atoms with Crippen molar-refractivity contribution >= 4 is 5.82 Å². The molecule has 3 aliphatic heterocycles. The number of rotatable bonds is 6. The second kappa shape index (κ2) is 8.63. The predicted octanol–water partition coefficient (Wildman–Crippen LogP) is 0.337. The largest absolute Gasteiger partial charge is 0.370 e. The smallest absolute Gasteiger partial charge is 0.125 e. The van der Waals surface area contributed by atoms with Gasteiger partial charge in [-0.1, -0.05) is 6.07 Å². The number of anilines is 1. The number of aromatic nitrogens is 1. The first kappa shape index (κ1) is 18.1. The molecule has 3 saturated heterocycles. The summed E-state index contributed by atoms with van der Waals surface area (Å²) in [5.74, 6) is 2.38. The standard InChI is InChI=1S/C19H33N7/c1-26-8-5-14(6-9-26)10-22-18-3-2-15(12-23-18)11-21-17-4-7-20-19-16(17)13-24-25-19/h2-3,12,14,16-17,19-21,24-25H,4-11,13H2,1H3,(H,22,23). The zero-order valence-corrected chi connectivity index (χ0v) is 15.8. The van der Waals surface area contributed by atoms with Crippen molar-refractivity contribution in [1.29, 1.82) is 0 Å². The Morgan fingerprint density at radius 1 is 1.23 bits per heavy atom. The molecule has 26 heavy (non-hydrogen) atoms. The van der Waals surface area contributed by atoms with Crippen molar-refractivity contribution < 1.29 is 0 Å². The first-order chi connectivity index (χ1) is 12.8. The molecule has 7 heteroatoms. The van der Waals surface area contributed by atoms with Crippen molar-refractivity contribution in [3.8, 4) is 0 Å². The van der Waals surface area contributed by atoms with Crippen LogP contribution in [0.5, 0.6) is 0 Å². The molecule has 7 nitrogen and oxygen atoms in total. The number of fused-ring (bicyclic) bond motifs is 1. The van der Waals surface area contributed by atoms with E-state index >= 15 is 0 Å². The molecule has 0 bridgehead atoms. The van der Waals surface area contributed by atoms with Crippen LogP contribution in [0.3, 0.4) is 0 Å². The van der Waals surface area contributed by atoms with E-state index in [1.807, 2.05) is 6.20 Å². The van der Waals surface area contributed by atoms with Crippen molar-refractivity contribution in [2.75, 3.05) is 45.1 Å². The zero-order chi connectivity index (χ0) is 17.8. The monoisotopic (exact) mass is 359 g/mol. The van der Waals surface area contributed by atoms with E-state index in [0.717, 1.165) is 37.9 Å². The van der Waals surface area contributed by atoms with Gasteiger partial charge in [0.05, 0.1) is 6.17 Å². The highest BCUT2D eigenvalue weighted by molar-refractivity contribution is 5.35. The molecule has 1 aromatic heterocycles. The average Bonchev–Trinajstić information content (AvgIpc) is 3.16. The van der Waals surface area contributed by atoms with Crippen LogP contribution in [0.15, 0.2) is 18.3 Å². The van der Waals surface area contributed by atoms with E-state index in [2.05, 4.69) is 55.9 Å². The van der Waals surface area contributed by atoms with E-state index in [1.165, 1.54) is 37.9 Å². The summed E-state index contributed by atoms with van der Waals surface area (Å²) >= 11 is 0. The van der Waals surface area contributed by atoms with Crippen LogP contribution in [-0.2, 0) is 6.54 Å². The fourth-order valence-electron chi connectivity index (χ4n) is 4.35. The summed E-state index contributed by atoms with van der Waals surface area (Å²) in [5, 5.41) is 10.8. The fourth-order valence-corrected chi connectivity index (χ4v) is 4.35. The van der Waals surface area contributed by atoms with Crippen LogP contribution in [0.25, 0.3) is 0 Å². The Balaban J connectivity index is 1.21. The number of nitrogens with zero attached hydrogens (tertiary/aromatic N) is 2. The lowest BCUT2D eigenvalue weighted by molar-refractivity contribution is 0.226. The van der Waals surface area contributed by atoms with Gasteiger partial charge in [-0.05, 0) is 63.5 Å². The van der Waals surface area contributed by atoms with Crippen molar-refractivity contribution in [3.05, 3.63) is 23.9 Å². The van der Waals surface area contributed by atoms with Gasteiger partial charge in [-0.3, -0.25) is 5.43 Å². The number of likely N-dealkylation sites (tertiary alicyclic amines) is 1. The highest BCUT2D eigenvalue weighted by atomic mass is 15.5. The molecule has 0 amide bonds. The molecule has 1 aromatic rings. The maximum atomic E-state index is 4.61. The first-order valence-electron chi connectivity index (χ1n) is 10.1. The van der Waals surface area contributed by atoms with Gasteiger partial charge in [-0.2, -0.15) is 0 Å². The maximum Gasteiger partial charge on any atom is 0.125 e. The van der Waals surface area contributed by atoms with Gasteiger partial charge in [0.15, 0.2) is 0 Å². The van der Waals surface area contributed by atoms with Crippen molar-refractivity contribution in [1.82, 2.24) is 31.4 Å². The van der Waals surface area contributed by atoms with Gasteiger partial charge < -0.3 is 20.9 Å². The van der Waals surface area contributed by atoms with Crippen LogP contribution in [0.2, 0.25) is 0 Å². The fraction of sp³-hybridized carbons (Fsp3) is 0.737. The molecule has 3 aliphatic rings. The lowest BCUT2D eigenvalue weighted by Crippen LogP contribution is -2.55. The summed E-state index contributed by atoms with van der Waals surface area (Å²) in [6, 6.07) is 4.86. The summed E-state index contributed by atoms with van der Waals surface area (Å²) in [6.45, 7) is 6.44. The third-order valence-corrected chi connectivity index (χ3v) is 6.16. The Labute approximate surface area is 156 Å². The van der Waals surface area contributed by atoms with Crippen molar-refractivity contribution in [2.24, 2.45) is 11.8 Å². The molecule has 144 valence electrons. The topological polar surface area (TPSA) is 76.3 Å². The minimum atomic E-state index is 0.394. The maximum absolute atomic E-state index is 4.61. The van der Waals surface area contributed by atoms with Gasteiger partial charge in [0.1, 0.15) is 5.82 Å². The summed E-state index contributed by atoms with van der Waals surface area (Å²) < 4.78 is 0. The number of piperidine rings is 2. The van der Waals surface area contributed by atoms with Gasteiger partial charge in [-0.15, -0.1) is 0 Å². The molecular formula is C19H33N7. The molecule has 0 saturated carbocycles. The molecule has 0 spiro atoms. The third kappa shape index (κ3) is 4.53. The van der Waals surface area contributed by atoms with Gasteiger partial charge in [0.25, 0.3) is 0 Å². The Hall–Kier alpha value is -1.25. The molecule has 0 radical (unpaired) electrons. The van der Waals surface area contributed by atoms with E-state index in [4.69, 9.17) is 0 Å². The Morgan fingerprint density at radius 2 is 2.12 bits per heavy atom. The first-order valence-corrected chi connectivity index (χ1v) is 10.1. The molecule has 4 heterocycles. The SMILES string of the molecule is CN1CCC(CNc2ccc(CNC3CCNC4NNCC34)cn2)CC1. The van der Waals surface area contributed by atoms with Crippen LogP contribution >= 0.6 is 0 Å². The summed E-state index contributed by atoms with van der Waals surface area (Å²) in [6.07, 6.45) is 6.15. The zero-order valence-electron chi connectivity index (χ0n) is 15.8. The molecule has 3 atom stereocenters. The molecular weight excluding hydrogens is 326 g/mol. The summed E-state index contributed by atoms with van der Waals surface area (Å²) in [4.78, 5) is 7.03. The van der Waals surface area contributed by atoms with Gasteiger partial charge in [0.2, 0.25) is 0 Å². The second-order valence-corrected chi connectivity index (χ2v) is 8.08. The van der Waals surface area contributed by atoms with Crippen molar-refractivity contribution in [2.45, 2.75) is 38.0 Å². The van der Waals surface area contributed by atoms with E-state index in [9.17, 15) is 0 Å². The lowest BCUT2D eigenvalue weighted by atomic mass is 9.91. The molecule has 4 rings (SSSR count). The van der Waals surface area contributed by atoms with Crippen LogP contribution < -0.4 is 26.8 Å². The Morgan fingerprint density at radius 3 is 2.92 bits per heavy atom. The highest BCUT2D eigenvalue weighted by Gasteiger charge is 2.36.